The SMILES string of the molecule is Cc1cc(Br)c(OCC(=O)N=Nc2c(O)[nH]c3ccc([N+](=O)[O-])cc23)c(Br)c1. The summed E-state index contributed by atoms with van der Waals surface area (Å²) < 4.78 is 6.81. The van der Waals surface area contributed by atoms with E-state index in [1.165, 1.54) is 18.2 Å². The summed E-state index contributed by atoms with van der Waals surface area (Å²) in [4.78, 5) is 25.0. The molecule has 0 unspecified atom stereocenters. The fourth-order valence-electron chi connectivity index (χ4n) is 2.46. The van der Waals surface area contributed by atoms with Gasteiger partial charge in [0.15, 0.2) is 12.3 Å². The van der Waals surface area contributed by atoms with E-state index in [2.05, 4.69) is 47.1 Å². The van der Waals surface area contributed by atoms with E-state index in [9.17, 15) is 20.0 Å². The number of azo groups is 1. The zero-order valence-electron chi connectivity index (χ0n) is 14.3. The normalized spacial score (nSPS) is 11.2. The summed E-state index contributed by atoms with van der Waals surface area (Å²) in [6, 6.07) is 7.63. The Bertz CT molecular complexity index is 1100. The Hall–Kier alpha value is -2.79. The first kappa shape index (κ1) is 20.0. The van der Waals surface area contributed by atoms with Crippen LogP contribution in [0.1, 0.15) is 5.56 Å². The number of aromatic nitrogens is 1. The third-order valence-electron chi connectivity index (χ3n) is 3.69. The van der Waals surface area contributed by atoms with E-state index in [1.807, 2.05) is 19.1 Å². The molecule has 0 saturated carbocycles. The Morgan fingerprint density at radius 3 is 2.61 bits per heavy atom. The highest BCUT2D eigenvalue weighted by Gasteiger charge is 2.16. The Kier molecular flexibility index (Phi) is 5.75. The van der Waals surface area contributed by atoms with Crippen LogP contribution < -0.4 is 4.74 Å². The summed E-state index contributed by atoms with van der Waals surface area (Å²) in [5, 5.41) is 28.4. The number of benzene rings is 2. The lowest BCUT2D eigenvalue weighted by atomic mass is 10.2. The lowest BCUT2D eigenvalue weighted by Gasteiger charge is -2.09. The number of rotatable bonds is 5. The predicted molar refractivity (Wildman–Crippen MR) is 108 cm³/mol. The van der Waals surface area contributed by atoms with Crippen molar-refractivity contribution < 1.29 is 19.6 Å². The molecule has 1 aromatic heterocycles. The van der Waals surface area contributed by atoms with E-state index in [4.69, 9.17) is 4.74 Å². The summed E-state index contributed by atoms with van der Waals surface area (Å²) in [5.74, 6) is -0.602. The number of nitro benzene ring substituents is 1. The van der Waals surface area contributed by atoms with Crippen molar-refractivity contribution in [3.63, 3.8) is 0 Å². The molecule has 0 radical (unpaired) electrons. The molecule has 1 amide bonds. The Morgan fingerprint density at radius 1 is 1.29 bits per heavy atom. The second-order valence-corrected chi connectivity index (χ2v) is 7.46. The van der Waals surface area contributed by atoms with Gasteiger partial charge in [0.05, 0.1) is 19.4 Å². The quantitative estimate of drug-likeness (QED) is 0.272. The molecular weight excluding hydrogens is 500 g/mol. The van der Waals surface area contributed by atoms with Gasteiger partial charge in [-0.1, -0.05) is 0 Å². The van der Waals surface area contributed by atoms with E-state index in [1.54, 1.807) is 0 Å². The summed E-state index contributed by atoms with van der Waals surface area (Å²) in [6.07, 6.45) is 0. The monoisotopic (exact) mass is 510 g/mol. The first-order valence-electron chi connectivity index (χ1n) is 7.78. The number of aromatic hydroxyl groups is 1. The number of hydrogen-bond acceptors (Lipinski definition) is 6. The zero-order chi connectivity index (χ0) is 20.4. The van der Waals surface area contributed by atoms with Gasteiger partial charge in [-0.25, -0.2) is 0 Å². The molecule has 2 N–H and O–H groups in total. The Labute approximate surface area is 174 Å². The number of nitrogens with zero attached hydrogens (tertiary/aromatic N) is 3. The van der Waals surface area contributed by atoms with Crippen LogP contribution in [0.15, 0.2) is 49.5 Å². The van der Waals surface area contributed by atoms with Crippen LogP contribution >= 0.6 is 31.9 Å². The molecule has 0 spiro atoms. The van der Waals surface area contributed by atoms with E-state index in [0.29, 0.717) is 20.2 Å². The van der Waals surface area contributed by atoms with Crippen molar-refractivity contribution in [2.45, 2.75) is 6.92 Å². The summed E-state index contributed by atoms with van der Waals surface area (Å²) in [5.41, 5.74) is 1.19. The number of halogens is 2. The highest BCUT2D eigenvalue weighted by Crippen LogP contribution is 2.37. The number of non-ortho nitro benzene ring substituents is 1. The van der Waals surface area contributed by atoms with E-state index >= 15 is 0 Å². The van der Waals surface area contributed by atoms with E-state index < -0.39 is 10.8 Å². The van der Waals surface area contributed by atoms with Gasteiger partial charge >= 0.3 is 5.91 Å². The molecule has 144 valence electrons. The number of H-pyrrole nitrogens is 1. The number of aromatic amines is 1. The lowest BCUT2D eigenvalue weighted by molar-refractivity contribution is -0.384. The largest absolute Gasteiger partial charge is 0.493 e. The zero-order valence-corrected chi connectivity index (χ0v) is 17.4. The van der Waals surface area contributed by atoms with Crippen LogP contribution in [0.5, 0.6) is 11.6 Å². The molecule has 28 heavy (non-hydrogen) atoms. The van der Waals surface area contributed by atoms with Crippen LogP contribution in [0, 0.1) is 17.0 Å². The molecule has 0 fully saturated rings. The van der Waals surface area contributed by atoms with Crippen molar-refractivity contribution in [3.8, 4) is 11.6 Å². The number of ether oxygens (including phenoxy) is 1. The number of nitro groups is 1. The van der Waals surface area contributed by atoms with Gasteiger partial charge < -0.3 is 14.8 Å². The fourth-order valence-corrected chi connectivity index (χ4v) is 4.10. The predicted octanol–water partition coefficient (Wildman–Crippen LogP) is 5.30. The van der Waals surface area contributed by atoms with Crippen molar-refractivity contribution in [2.24, 2.45) is 10.2 Å². The van der Waals surface area contributed by atoms with Gasteiger partial charge in [-0.3, -0.25) is 14.9 Å². The molecule has 0 atom stereocenters. The molecule has 0 saturated heterocycles. The summed E-state index contributed by atoms with van der Waals surface area (Å²) in [7, 11) is 0. The Morgan fingerprint density at radius 2 is 1.96 bits per heavy atom. The number of nitrogens with one attached hydrogen (secondary N) is 1. The maximum absolute atomic E-state index is 12.0. The van der Waals surface area contributed by atoms with Crippen LogP contribution in [0.25, 0.3) is 10.9 Å². The molecular formula is C17H12Br2N4O5. The fraction of sp³-hybridized carbons (Fsp3) is 0.118. The topological polar surface area (TPSA) is 130 Å². The van der Waals surface area contributed by atoms with Gasteiger partial charge in [-0.15, -0.1) is 10.2 Å². The highest BCUT2D eigenvalue weighted by molar-refractivity contribution is 9.11. The van der Waals surface area contributed by atoms with Gasteiger partial charge in [0.2, 0.25) is 5.88 Å². The van der Waals surface area contributed by atoms with Crippen LogP contribution in [0.4, 0.5) is 11.4 Å². The third kappa shape index (κ3) is 4.20. The molecule has 9 nitrogen and oxygen atoms in total. The van der Waals surface area contributed by atoms with Crippen molar-refractivity contribution in [1.82, 2.24) is 4.98 Å². The highest BCUT2D eigenvalue weighted by atomic mass is 79.9. The maximum Gasteiger partial charge on any atom is 0.302 e. The van der Waals surface area contributed by atoms with Crippen molar-refractivity contribution in [3.05, 3.63) is 55.0 Å². The molecule has 2 aromatic carbocycles. The average molecular weight is 512 g/mol. The standard InChI is InChI=1S/C17H12Br2N4O5/c1-8-4-11(18)16(12(19)5-8)28-7-14(24)21-22-15-10-6-9(23(26)27)2-3-13(10)20-17(15)25/h2-6,20,25H,7H2,1H3. The first-order chi connectivity index (χ1) is 13.3. The van der Waals surface area contributed by atoms with Gasteiger partial charge in [-0.05, 0) is 62.5 Å². The van der Waals surface area contributed by atoms with E-state index in [0.717, 1.165) is 5.56 Å². The number of aryl methyl sites for hydroxylation is 1. The molecule has 0 aliphatic heterocycles. The minimum Gasteiger partial charge on any atom is -0.493 e. The minimum absolute atomic E-state index is 0.0650. The number of carbonyl (C=O) groups excluding carboxylic acids is 1. The lowest BCUT2D eigenvalue weighted by Crippen LogP contribution is -2.08. The third-order valence-corrected chi connectivity index (χ3v) is 4.87. The van der Waals surface area contributed by atoms with Crippen LogP contribution in [-0.2, 0) is 4.79 Å². The molecule has 3 aromatic rings. The minimum atomic E-state index is -0.696. The summed E-state index contributed by atoms with van der Waals surface area (Å²) >= 11 is 6.72. The second kappa shape index (κ2) is 8.07. The van der Waals surface area contributed by atoms with Gasteiger partial charge in [-0.2, -0.15) is 0 Å². The van der Waals surface area contributed by atoms with Crippen LogP contribution in [0.3, 0.4) is 0 Å². The number of hydrogen-bond donors (Lipinski definition) is 2. The van der Waals surface area contributed by atoms with Gasteiger partial charge in [0.1, 0.15) is 5.75 Å². The number of fused-ring (bicyclic) bond motifs is 1. The average Bonchev–Trinajstić information content (AvgIpc) is 2.93. The first-order valence-corrected chi connectivity index (χ1v) is 9.37. The molecule has 0 aliphatic carbocycles. The van der Waals surface area contributed by atoms with Crippen LogP contribution in [0.2, 0.25) is 0 Å². The molecule has 3 rings (SSSR count). The van der Waals surface area contributed by atoms with Crippen molar-refractivity contribution >= 4 is 60.0 Å². The molecule has 0 aliphatic rings. The van der Waals surface area contributed by atoms with Gasteiger partial charge in [0, 0.05) is 17.5 Å². The van der Waals surface area contributed by atoms with E-state index in [-0.39, 0.29) is 29.2 Å². The number of carbonyl (C=O) groups is 1. The van der Waals surface area contributed by atoms with Gasteiger partial charge in [0.25, 0.3) is 5.69 Å². The molecule has 1 heterocycles. The van der Waals surface area contributed by atoms with Crippen molar-refractivity contribution in [2.75, 3.05) is 6.61 Å². The molecule has 11 heteroatoms. The number of amides is 1. The van der Waals surface area contributed by atoms with Crippen molar-refractivity contribution in [1.29, 1.82) is 0 Å². The maximum atomic E-state index is 12.0. The Balaban J connectivity index is 1.78. The summed E-state index contributed by atoms with van der Waals surface area (Å²) in [6.45, 7) is 1.53. The second-order valence-electron chi connectivity index (χ2n) is 5.75. The van der Waals surface area contributed by atoms with Crippen LogP contribution in [-0.4, -0.2) is 27.5 Å². The molecule has 0 bridgehead atoms. The smallest absolute Gasteiger partial charge is 0.302 e.